The van der Waals surface area contributed by atoms with Gasteiger partial charge in [0.2, 0.25) is 6.79 Å². The molecule has 1 aliphatic heterocycles. The molecule has 0 saturated heterocycles. The van der Waals surface area contributed by atoms with Crippen molar-refractivity contribution in [2.45, 2.75) is 13.5 Å². The molecule has 23 heavy (non-hydrogen) atoms. The van der Waals surface area contributed by atoms with E-state index in [9.17, 15) is 4.79 Å². The normalized spacial score (nSPS) is 12.6. The fraction of sp³-hybridized carbons (Fsp3) is 0.167. The van der Waals surface area contributed by atoms with Crippen molar-refractivity contribution in [3.63, 3.8) is 0 Å². The Labute approximate surface area is 133 Å². The third kappa shape index (κ3) is 2.40. The number of hydrogen-bond donors (Lipinski definition) is 2. The van der Waals surface area contributed by atoms with Gasteiger partial charge in [0.25, 0.3) is 5.91 Å². The van der Waals surface area contributed by atoms with Gasteiger partial charge in [0, 0.05) is 23.1 Å². The summed E-state index contributed by atoms with van der Waals surface area (Å²) in [5, 5.41) is 3.91. The lowest BCUT2D eigenvalue weighted by atomic mass is 10.1. The van der Waals surface area contributed by atoms with Crippen molar-refractivity contribution in [1.29, 1.82) is 0 Å². The molecule has 4 rings (SSSR count). The molecule has 2 N–H and O–H groups in total. The molecule has 5 nitrogen and oxygen atoms in total. The van der Waals surface area contributed by atoms with Gasteiger partial charge < -0.3 is 19.8 Å². The summed E-state index contributed by atoms with van der Waals surface area (Å²) < 4.78 is 10.6. The second-order valence-electron chi connectivity index (χ2n) is 5.54. The smallest absolute Gasteiger partial charge is 0.253 e. The van der Waals surface area contributed by atoms with Crippen molar-refractivity contribution in [2.75, 3.05) is 6.79 Å². The number of carbonyl (C=O) groups is 1. The van der Waals surface area contributed by atoms with Crippen LogP contribution in [0.1, 0.15) is 21.6 Å². The summed E-state index contributed by atoms with van der Waals surface area (Å²) >= 11 is 0. The molecule has 1 amide bonds. The van der Waals surface area contributed by atoms with Gasteiger partial charge in [-0.1, -0.05) is 24.3 Å². The quantitative estimate of drug-likeness (QED) is 0.781. The second-order valence-corrected chi connectivity index (χ2v) is 5.54. The average molecular weight is 308 g/mol. The van der Waals surface area contributed by atoms with Crippen molar-refractivity contribution >= 4 is 16.8 Å². The highest BCUT2D eigenvalue weighted by atomic mass is 16.7. The zero-order chi connectivity index (χ0) is 15.8. The number of carbonyl (C=O) groups excluding carboxylic acids is 1. The summed E-state index contributed by atoms with van der Waals surface area (Å²) in [4.78, 5) is 15.8. The molecular formula is C18H16N2O3. The lowest BCUT2D eigenvalue weighted by Gasteiger charge is -2.06. The highest BCUT2D eigenvalue weighted by molar-refractivity contribution is 6.08. The maximum Gasteiger partial charge on any atom is 0.253 e. The van der Waals surface area contributed by atoms with Gasteiger partial charge in [-0.3, -0.25) is 4.79 Å². The van der Waals surface area contributed by atoms with E-state index in [4.69, 9.17) is 9.47 Å². The fourth-order valence-corrected chi connectivity index (χ4v) is 2.89. The number of rotatable bonds is 3. The topological polar surface area (TPSA) is 63.4 Å². The zero-order valence-corrected chi connectivity index (χ0v) is 12.7. The molecule has 1 aromatic heterocycles. The monoisotopic (exact) mass is 308 g/mol. The van der Waals surface area contributed by atoms with Crippen LogP contribution in [-0.2, 0) is 6.54 Å². The molecule has 2 heterocycles. The Balaban J connectivity index is 1.54. The first-order chi connectivity index (χ1) is 11.2. The Bertz CT molecular complexity index is 898. The van der Waals surface area contributed by atoms with Crippen LogP contribution in [-0.4, -0.2) is 17.7 Å². The van der Waals surface area contributed by atoms with E-state index in [0.29, 0.717) is 12.1 Å². The molecule has 2 aromatic carbocycles. The van der Waals surface area contributed by atoms with E-state index in [1.807, 2.05) is 49.4 Å². The third-order valence-electron chi connectivity index (χ3n) is 4.01. The van der Waals surface area contributed by atoms with Crippen molar-refractivity contribution in [1.82, 2.24) is 10.3 Å². The van der Waals surface area contributed by atoms with E-state index in [0.717, 1.165) is 33.7 Å². The number of ether oxygens (including phenoxy) is 2. The Morgan fingerprint density at radius 3 is 2.91 bits per heavy atom. The van der Waals surface area contributed by atoms with Gasteiger partial charge >= 0.3 is 0 Å². The molecule has 0 aliphatic carbocycles. The number of aromatic amines is 1. The number of fused-ring (bicyclic) bond motifs is 2. The number of benzene rings is 2. The summed E-state index contributed by atoms with van der Waals surface area (Å²) in [5.41, 5.74) is 3.51. The van der Waals surface area contributed by atoms with Crippen LogP contribution in [0.2, 0.25) is 0 Å². The Morgan fingerprint density at radius 2 is 2.00 bits per heavy atom. The molecule has 5 heteroatoms. The predicted molar refractivity (Wildman–Crippen MR) is 86.8 cm³/mol. The molecule has 0 spiro atoms. The van der Waals surface area contributed by atoms with Gasteiger partial charge in [-0.25, -0.2) is 0 Å². The zero-order valence-electron chi connectivity index (χ0n) is 12.7. The van der Waals surface area contributed by atoms with E-state index in [2.05, 4.69) is 10.3 Å². The van der Waals surface area contributed by atoms with E-state index in [1.165, 1.54) is 0 Å². The van der Waals surface area contributed by atoms with Crippen LogP contribution in [0.25, 0.3) is 10.9 Å². The van der Waals surface area contributed by atoms with Gasteiger partial charge in [0.15, 0.2) is 11.5 Å². The molecule has 3 aromatic rings. The lowest BCUT2D eigenvalue weighted by Crippen LogP contribution is -2.23. The van der Waals surface area contributed by atoms with Crippen molar-refractivity contribution in [3.05, 3.63) is 59.3 Å². The molecular weight excluding hydrogens is 292 g/mol. The first-order valence-corrected chi connectivity index (χ1v) is 7.46. The van der Waals surface area contributed by atoms with Gasteiger partial charge in [0.05, 0.1) is 5.56 Å². The SMILES string of the molecule is Cc1[nH]c2ccccc2c1C(=O)NCc1ccc2c(c1)OCO2. The summed E-state index contributed by atoms with van der Waals surface area (Å²) in [6.07, 6.45) is 0. The third-order valence-corrected chi connectivity index (χ3v) is 4.01. The molecule has 0 saturated carbocycles. The fourth-order valence-electron chi connectivity index (χ4n) is 2.89. The molecule has 0 fully saturated rings. The number of aromatic nitrogens is 1. The largest absolute Gasteiger partial charge is 0.454 e. The minimum absolute atomic E-state index is 0.0855. The van der Waals surface area contributed by atoms with E-state index in [-0.39, 0.29) is 12.7 Å². The summed E-state index contributed by atoms with van der Waals surface area (Å²) in [6, 6.07) is 13.5. The van der Waals surface area contributed by atoms with Crippen molar-refractivity contribution in [2.24, 2.45) is 0 Å². The lowest BCUT2D eigenvalue weighted by molar-refractivity contribution is 0.0952. The average Bonchev–Trinajstić information content (AvgIpc) is 3.15. The number of nitrogens with one attached hydrogen (secondary N) is 2. The van der Waals surface area contributed by atoms with Crippen molar-refractivity contribution < 1.29 is 14.3 Å². The second kappa shape index (κ2) is 5.35. The van der Waals surface area contributed by atoms with Gasteiger partial charge in [-0.15, -0.1) is 0 Å². The maximum absolute atomic E-state index is 12.6. The van der Waals surface area contributed by atoms with Crippen LogP contribution < -0.4 is 14.8 Å². The van der Waals surface area contributed by atoms with Crippen LogP contribution in [0.4, 0.5) is 0 Å². The number of amides is 1. The van der Waals surface area contributed by atoms with Crippen LogP contribution >= 0.6 is 0 Å². The number of H-pyrrole nitrogens is 1. The van der Waals surface area contributed by atoms with Gasteiger partial charge in [-0.05, 0) is 30.7 Å². The molecule has 116 valence electrons. The molecule has 1 aliphatic rings. The van der Waals surface area contributed by atoms with Gasteiger partial charge in [0.1, 0.15) is 0 Å². The molecule has 0 atom stereocenters. The van der Waals surface area contributed by atoms with Crippen molar-refractivity contribution in [3.8, 4) is 11.5 Å². The van der Waals surface area contributed by atoms with Crippen LogP contribution in [0.5, 0.6) is 11.5 Å². The maximum atomic E-state index is 12.6. The van der Waals surface area contributed by atoms with Crippen LogP contribution in [0.3, 0.4) is 0 Å². The highest BCUT2D eigenvalue weighted by Crippen LogP contribution is 2.32. The predicted octanol–water partition coefficient (Wildman–Crippen LogP) is 3.14. The minimum Gasteiger partial charge on any atom is -0.454 e. The Morgan fingerprint density at radius 1 is 1.17 bits per heavy atom. The van der Waals surface area contributed by atoms with Gasteiger partial charge in [-0.2, -0.15) is 0 Å². The molecule has 0 unspecified atom stereocenters. The number of para-hydroxylation sites is 1. The molecule has 0 bridgehead atoms. The Hall–Kier alpha value is -2.95. The minimum atomic E-state index is -0.0855. The standard InChI is InChI=1S/C18H16N2O3/c1-11-17(13-4-2-3-5-14(13)20-11)18(21)19-9-12-6-7-15-16(8-12)23-10-22-15/h2-8,20H,9-10H2,1H3,(H,19,21). The first-order valence-electron chi connectivity index (χ1n) is 7.46. The highest BCUT2D eigenvalue weighted by Gasteiger charge is 2.17. The van der Waals surface area contributed by atoms with E-state index < -0.39 is 0 Å². The summed E-state index contributed by atoms with van der Waals surface area (Å²) in [6.45, 7) is 2.60. The Kier molecular flexibility index (Phi) is 3.19. The first kappa shape index (κ1) is 13.7. The number of hydrogen-bond acceptors (Lipinski definition) is 3. The summed E-state index contributed by atoms with van der Waals surface area (Å²) in [7, 11) is 0. The van der Waals surface area contributed by atoms with E-state index >= 15 is 0 Å². The molecule has 0 radical (unpaired) electrons. The van der Waals surface area contributed by atoms with Crippen LogP contribution in [0.15, 0.2) is 42.5 Å². The van der Waals surface area contributed by atoms with Crippen LogP contribution in [0, 0.1) is 6.92 Å². The number of aryl methyl sites for hydroxylation is 1. The summed E-state index contributed by atoms with van der Waals surface area (Å²) in [5.74, 6) is 1.38. The van der Waals surface area contributed by atoms with E-state index in [1.54, 1.807) is 0 Å².